The van der Waals surface area contributed by atoms with Crippen molar-refractivity contribution in [1.82, 2.24) is 9.21 Å². The zero-order valence-corrected chi connectivity index (χ0v) is 16.9. The molecular formula is C21H25N3O3S. The van der Waals surface area contributed by atoms with E-state index >= 15 is 0 Å². The lowest BCUT2D eigenvalue weighted by molar-refractivity contribution is -0.129. The zero-order valence-electron chi connectivity index (χ0n) is 16.0. The second kappa shape index (κ2) is 7.56. The number of nitrogens with zero attached hydrogens (tertiary/aromatic N) is 3. The average Bonchev–Trinajstić information content (AvgIpc) is 3.13. The number of rotatable bonds is 4. The Morgan fingerprint density at radius 3 is 2.29 bits per heavy atom. The van der Waals surface area contributed by atoms with E-state index in [9.17, 15) is 13.2 Å². The molecular weight excluding hydrogens is 374 g/mol. The van der Waals surface area contributed by atoms with Crippen LogP contribution in [0.1, 0.15) is 23.6 Å². The van der Waals surface area contributed by atoms with Gasteiger partial charge in [0, 0.05) is 51.9 Å². The number of hydrogen-bond acceptors (Lipinski definition) is 4. The topological polar surface area (TPSA) is 60.9 Å². The van der Waals surface area contributed by atoms with E-state index in [1.165, 1.54) is 0 Å². The van der Waals surface area contributed by atoms with Crippen LogP contribution in [-0.4, -0.2) is 49.7 Å². The fourth-order valence-corrected chi connectivity index (χ4v) is 5.37. The Labute approximate surface area is 166 Å². The molecule has 1 saturated heterocycles. The van der Waals surface area contributed by atoms with Crippen LogP contribution < -0.4 is 4.90 Å². The van der Waals surface area contributed by atoms with Crippen LogP contribution in [0.3, 0.4) is 0 Å². The molecule has 2 aromatic rings. The molecule has 6 nitrogen and oxygen atoms in total. The molecule has 0 aromatic heterocycles. The van der Waals surface area contributed by atoms with Crippen molar-refractivity contribution < 1.29 is 13.2 Å². The number of hydrogen-bond donors (Lipinski definition) is 0. The summed E-state index contributed by atoms with van der Waals surface area (Å²) in [6, 6.07) is 15.5. The third kappa shape index (κ3) is 3.91. The Balaban J connectivity index is 1.45. The number of amides is 1. The second-order valence-corrected chi connectivity index (χ2v) is 9.42. The van der Waals surface area contributed by atoms with Gasteiger partial charge in [0.1, 0.15) is 0 Å². The first-order valence-electron chi connectivity index (χ1n) is 9.56. The van der Waals surface area contributed by atoms with E-state index in [0.717, 1.165) is 48.6 Å². The minimum Gasteiger partial charge on any atom is -0.368 e. The lowest BCUT2D eigenvalue weighted by Gasteiger charge is -2.35. The third-order valence-electron chi connectivity index (χ3n) is 5.56. The van der Waals surface area contributed by atoms with Crippen LogP contribution in [0.2, 0.25) is 0 Å². The molecule has 0 radical (unpaired) electrons. The van der Waals surface area contributed by atoms with Crippen molar-refractivity contribution in [3.05, 3.63) is 65.2 Å². The minimum absolute atomic E-state index is 0.0295. The van der Waals surface area contributed by atoms with E-state index in [4.69, 9.17) is 0 Å². The van der Waals surface area contributed by atoms with Crippen LogP contribution in [-0.2, 0) is 33.7 Å². The summed E-state index contributed by atoms with van der Waals surface area (Å²) >= 11 is 0. The highest BCUT2D eigenvalue weighted by Crippen LogP contribution is 2.30. The fourth-order valence-electron chi connectivity index (χ4n) is 3.90. The molecule has 0 bridgehead atoms. The summed E-state index contributed by atoms with van der Waals surface area (Å²) in [5.41, 5.74) is 4.05. The predicted molar refractivity (Wildman–Crippen MR) is 109 cm³/mol. The van der Waals surface area contributed by atoms with Gasteiger partial charge in [-0.05, 0) is 28.8 Å². The van der Waals surface area contributed by atoms with Crippen LogP contribution in [0.4, 0.5) is 5.69 Å². The molecule has 28 heavy (non-hydrogen) atoms. The lowest BCUT2D eigenvalue weighted by Crippen LogP contribution is -2.48. The minimum atomic E-state index is -3.36. The SMILES string of the molecule is CC(=O)N1CCN(c2ccc3c(c2)CN(S(=O)(=O)Cc2ccccc2)C3)CC1. The van der Waals surface area contributed by atoms with Crippen molar-refractivity contribution in [1.29, 1.82) is 0 Å². The summed E-state index contributed by atoms with van der Waals surface area (Å²) in [6.07, 6.45) is 0. The van der Waals surface area contributed by atoms with E-state index < -0.39 is 10.0 Å². The van der Waals surface area contributed by atoms with E-state index in [-0.39, 0.29) is 11.7 Å². The summed E-state index contributed by atoms with van der Waals surface area (Å²) in [5.74, 6) is 0.148. The molecule has 1 fully saturated rings. The first-order valence-corrected chi connectivity index (χ1v) is 11.2. The number of piperazine rings is 1. The van der Waals surface area contributed by atoms with E-state index in [1.807, 2.05) is 41.3 Å². The molecule has 2 aliphatic rings. The summed E-state index contributed by atoms with van der Waals surface area (Å²) in [7, 11) is -3.36. The predicted octanol–water partition coefficient (Wildman–Crippen LogP) is 2.20. The number of fused-ring (bicyclic) bond motifs is 1. The summed E-state index contributed by atoms with van der Waals surface area (Å²) in [5, 5.41) is 0. The number of anilines is 1. The smallest absolute Gasteiger partial charge is 0.219 e. The zero-order chi connectivity index (χ0) is 19.7. The maximum Gasteiger partial charge on any atom is 0.219 e. The van der Waals surface area contributed by atoms with Crippen molar-refractivity contribution in [3.8, 4) is 0 Å². The Morgan fingerprint density at radius 1 is 0.929 bits per heavy atom. The molecule has 0 N–H and O–H groups in total. The molecule has 0 atom stereocenters. The molecule has 4 rings (SSSR count). The summed E-state index contributed by atoms with van der Waals surface area (Å²) < 4.78 is 27.2. The fraction of sp³-hybridized carbons (Fsp3) is 0.381. The van der Waals surface area contributed by atoms with Crippen LogP contribution in [0, 0.1) is 0 Å². The Hall–Kier alpha value is -2.38. The molecule has 0 aliphatic carbocycles. The molecule has 0 unspecified atom stereocenters. The molecule has 1 amide bonds. The van der Waals surface area contributed by atoms with Crippen molar-refractivity contribution in [3.63, 3.8) is 0 Å². The number of sulfonamides is 1. The molecule has 148 valence electrons. The van der Waals surface area contributed by atoms with Gasteiger partial charge in [-0.1, -0.05) is 36.4 Å². The number of benzene rings is 2. The number of carbonyl (C=O) groups is 1. The van der Waals surface area contributed by atoms with Crippen molar-refractivity contribution in [2.75, 3.05) is 31.1 Å². The van der Waals surface area contributed by atoms with Gasteiger partial charge >= 0.3 is 0 Å². The Morgan fingerprint density at radius 2 is 1.61 bits per heavy atom. The highest BCUT2D eigenvalue weighted by molar-refractivity contribution is 7.88. The largest absolute Gasteiger partial charge is 0.368 e. The van der Waals surface area contributed by atoms with Crippen molar-refractivity contribution in [2.24, 2.45) is 0 Å². The second-order valence-electron chi connectivity index (χ2n) is 7.46. The molecule has 2 aliphatic heterocycles. The van der Waals surface area contributed by atoms with Crippen LogP contribution in [0.5, 0.6) is 0 Å². The monoisotopic (exact) mass is 399 g/mol. The lowest BCUT2D eigenvalue weighted by atomic mass is 10.1. The molecule has 7 heteroatoms. The van der Waals surface area contributed by atoms with Gasteiger partial charge in [0.15, 0.2) is 0 Å². The molecule has 2 heterocycles. The normalized spacial score (nSPS) is 17.6. The van der Waals surface area contributed by atoms with Gasteiger partial charge in [-0.2, -0.15) is 4.31 Å². The van der Waals surface area contributed by atoms with Gasteiger partial charge in [0.25, 0.3) is 0 Å². The van der Waals surface area contributed by atoms with Crippen molar-refractivity contribution in [2.45, 2.75) is 25.8 Å². The van der Waals surface area contributed by atoms with Gasteiger partial charge in [-0.15, -0.1) is 0 Å². The van der Waals surface area contributed by atoms with Gasteiger partial charge in [0.05, 0.1) is 5.75 Å². The first kappa shape index (κ1) is 19.0. The summed E-state index contributed by atoms with van der Waals surface area (Å²) in [6.45, 7) is 5.51. The standard InChI is InChI=1S/C21H25N3O3S/c1-17(25)22-9-11-23(12-10-22)21-8-7-19-14-24(15-20(19)13-21)28(26,27)16-18-5-3-2-4-6-18/h2-8,13H,9-12,14-16H2,1H3. The molecule has 2 aromatic carbocycles. The maximum atomic E-state index is 12.8. The quantitative estimate of drug-likeness (QED) is 0.791. The molecule has 0 spiro atoms. The molecule has 0 saturated carbocycles. The number of carbonyl (C=O) groups excluding carboxylic acids is 1. The van der Waals surface area contributed by atoms with Crippen LogP contribution in [0.15, 0.2) is 48.5 Å². The van der Waals surface area contributed by atoms with E-state index in [2.05, 4.69) is 17.0 Å². The highest BCUT2D eigenvalue weighted by atomic mass is 32.2. The van der Waals surface area contributed by atoms with Crippen LogP contribution in [0.25, 0.3) is 0 Å². The average molecular weight is 400 g/mol. The highest BCUT2D eigenvalue weighted by Gasteiger charge is 2.30. The van der Waals surface area contributed by atoms with E-state index in [0.29, 0.717) is 13.1 Å². The maximum absolute atomic E-state index is 12.8. The van der Waals surface area contributed by atoms with Gasteiger partial charge in [0.2, 0.25) is 15.9 Å². The summed E-state index contributed by atoms with van der Waals surface area (Å²) in [4.78, 5) is 15.6. The third-order valence-corrected chi connectivity index (χ3v) is 7.30. The van der Waals surface area contributed by atoms with Crippen molar-refractivity contribution >= 4 is 21.6 Å². The van der Waals surface area contributed by atoms with Gasteiger partial charge in [-0.25, -0.2) is 8.42 Å². The Bertz CT molecular complexity index is 968. The van der Waals surface area contributed by atoms with Gasteiger partial charge in [-0.3, -0.25) is 4.79 Å². The van der Waals surface area contributed by atoms with E-state index in [1.54, 1.807) is 11.2 Å². The Kier molecular flexibility index (Phi) is 5.12. The first-order chi connectivity index (χ1) is 13.4. The van der Waals surface area contributed by atoms with Crippen LogP contribution >= 0.6 is 0 Å². The van der Waals surface area contributed by atoms with Gasteiger partial charge < -0.3 is 9.80 Å².